The summed E-state index contributed by atoms with van der Waals surface area (Å²) in [6, 6.07) is 0.256. The van der Waals surface area contributed by atoms with E-state index in [1.807, 2.05) is 0 Å². The first-order valence-electron chi connectivity index (χ1n) is 4.90. The third kappa shape index (κ3) is 1.30. The van der Waals surface area contributed by atoms with Gasteiger partial charge >= 0.3 is 0 Å². The predicted octanol–water partition coefficient (Wildman–Crippen LogP) is -0.714. The zero-order chi connectivity index (χ0) is 9.05. The Hall–Kier alpha value is -0.130. The van der Waals surface area contributed by atoms with E-state index in [0.717, 1.165) is 25.9 Å². The fourth-order valence-electron chi connectivity index (χ4n) is 2.26. The van der Waals surface area contributed by atoms with Gasteiger partial charge < -0.3 is 5.32 Å². The Balaban J connectivity index is 1.64. The van der Waals surface area contributed by atoms with Gasteiger partial charge in [-0.15, -0.1) is 0 Å². The number of nitrogens with one attached hydrogen (secondary N) is 2. The second kappa shape index (κ2) is 2.46. The molecular formula is C8H14N2O2S. The van der Waals surface area contributed by atoms with Crippen LogP contribution in [0, 0.1) is 11.8 Å². The standard InChI is InChI=1S/C8H14N2O2S/c11-13(12,5-1-2-5)10-8-6-3-9-4-7(6)8/h5-10H,1-4H2. The fourth-order valence-corrected chi connectivity index (χ4v) is 3.94. The SMILES string of the molecule is O=S(=O)(NC1C2CNCC21)C1CC1. The van der Waals surface area contributed by atoms with Crippen molar-refractivity contribution in [1.82, 2.24) is 10.0 Å². The number of sulfonamides is 1. The third-order valence-electron chi connectivity index (χ3n) is 3.36. The molecule has 2 saturated carbocycles. The van der Waals surface area contributed by atoms with Crippen molar-refractivity contribution >= 4 is 10.0 Å². The molecule has 3 aliphatic rings. The predicted molar refractivity (Wildman–Crippen MR) is 48.7 cm³/mol. The molecule has 2 aliphatic carbocycles. The lowest BCUT2D eigenvalue weighted by Gasteiger charge is -2.07. The summed E-state index contributed by atoms with van der Waals surface area (Å²) in [5.41, 5.74) is 0. The molecule has 4 nitrogen and oxygen atoms in total. The smallest absolute Gasteiger partial charge is 0.214 e. The van der Waals surface area contributed by atoms with Gasteiger partial charge in [0.2, 0.25) is 10.0 Å². The fraction of sp³-hybridized carbons (Fsp3) is 1.00. The number of hydrogen-bond donors (Lipinski definition) is 2. The Kier molecular flexibility index (Phi) is 1.55. The summed E-state index contributed by atoms with van der Waals surface area (Å²) in [5, 5.41) is 3.18. The highest BCUT2D eigenvalue weighted by Gasteiger charge is 2.55. The van der Waals surface area contributed by atoms with Crippen LogP contribution in [-0.2, 0) is 10.0 Å². The van der Waals surface area contributed by atoms with Gasteiger partial charge in [-0.1, -0.05) is 0 Å². The molecular weight excluding hydrogens is 188 g/mol. The second-order valence-electron chi connectivity index (χ2n) is 4.37. The lowest BCUT2D eigenvalue weighted by molar-refractivity contribution is 0.564. The van der Waals surface area contributed by atoms with Crippen LogP contribution in [0.5, 0.6) is 0 Å². The van der Waals surface area contributed by atoms with Crippen molar-refractivity contribution in [3.05, 3.63) is 0 Å². The highest BCUT2D eigenvalue weighted by atomic mass is 32.2. The molecule has 2 unspecified atom stereocenters. The normalized spacial score (nSPS) is 43.2. The molecule has 0 bridgehead atoms. The van der Waals surface area contributed by atoms with Crippen LogP contribution in [0.2, 0.25) is 0 Å². The van der Waals surface area contributed by atoms with Crippen molar-refractivity contribution in [1.29, 1.82) is 0 Å². The number of piperidine rings is 1. The summed E-state index contributed by atoms with van der Waals surface area (Å²) >= 11 is 0. The summed E-state index contributed by atoms with van der Waals surface area (Å²) < 4.78 is 25.9. The van der Waals surface area contributed by atoms with E-state index in [1.165, 1.54) is 0 Å². The van der Waals surface area contributed by atoms with Crippen LogP contribution >= 0.6 is 0 Å². The van der Waals surface area contributed by atoms with E-state index < -0.39 is 10.0 Å². The summed E-state index contributed by atoms with van der Waals surface area (Å²) in [4.78, 5) is 0. The zero-order valence-electron chi connectivity index (χ0n) is 7.36. The first kappa shape index (κ1) is 8.20. The van der Waals surface area contributed by atoms with Crippen molar-refractivity contribution in [2.24, 2.45) is 11.8 Å². The van der Waals surface area contributed by atoms with Crippen LogP contribution < -0.4 is 10.0 Å². The summed E-state index contributed by atoms with van der Waals surface area (Å²) in [6.45, 7) is 1.98. The van der Waals surface area contributed by atoms with Crippen molar-refractivity contribution in [2.75, 3.05) is 13.1 Å². The molecule has 3 fully saturated rings. The van der Waals surface area contributed by atoms with Gasteiger partial charge in [-0.2, -0.15) is 0 Å². The molecule has 0 amide bonds. The molecule has 5 heteroatoms. The molecule has 0 aromatic heterocycles. The maximum atomic E-state index is 11.5. The van der Waals surface area contributed by atoms with Crippen molar-refractivity contribution in [2.45, 2.75) is 24.1 Å². The molecule has 0 spiro atoms. The van der Waals surface area contributed by atoms with E-state index in [1.54, 1.807) is 0 Å². The van der Waals surface area contributed by atoms with E-state index >= 15 is 0 Å². The summed E-state index contributed by atoms with van der Waals surface area (Å²) in [6.07, 6.45) is 1.71. The first-order valence-corrected chi connectivity index (χ1v) is 6.45. The molecule has 3 rings (SSSR count). The first-order chi connectivity index (χ1) is 6.18. The average Bonchev–Trinajstić information content (AvgIpc) is 2.94. The van der Waals surface area contributed by atoms with Gasteiger partial charge in [0, 0.05) is 6.04 Å². The molecule has 2 N–H and O–H groups in total. The van der Waals surface area contributed by atoms with Gasteiger partial charge in [-0.3, -0.25) is 0 Å². The molecule has 74 valence electrons. The minimum Gasteiger partial charge on any atom is -0.316 e. The zero-order valence-corrected chi connectivity index (χ0v) is 8.18. The van der Waals surface area contributed by atoms with Crippen LogP contribution in [0.3, 0.4) is 0 Å². The molecule has 1 saturated heterocycles. The van der Waals surface area contributed by atoms with Crippen LogP contribution in [-0.4, -0.2) is 32.8 Å². The van der Waals surface area contributed by atoms with E-state index in [4.69, 9.17) is 0 Å². The molecule has 2 atom stereocenters. The highest BCUT2D eigenvalue weighted by molar-refractivity contribution is 7.90. The maximum absolute atomic E-state index is 11.5. The molecule has 0 aromatic carbocycles. The Morgan fingerprint density at radius 2 is 1.77 bits per heavy atom. The molecule has 0 radical (unpaired) electrons. The number of fused-ring (bicyclic) bond motifs is 1. The highest BCUT2D eigenvalue weighted by Crippen LogP contribution is 2.43. The number of hydrogen-bond acceptors (Lipinski definition) is 3. The van der Waals surface area contributed by atoms with E-state index in [0.29, 0.717) is 11.8 Å². The Labute approximate surface area is 78.1 Å². The van der Waals surface area contributed by atoms with Crippen molar-refractivity contribution < 1.29 is 8.42 Å². The van der Waals surface area contributed by atoms with Crippen molar-refractivity contribution in [3.63, 3.8) is 0 Å². The Bertz CT molecular complexity index is 313. The topological polar surface area (TPSA) is 58.2 Å². The van der Waals surface area contributed by atoms with Gasteiger partial charge in [0.05, 0.1) is 5.25 Å². The lowest BCUT2D eigenvalue weighted by Crippen LogP contribution is -2.34. The van der Waals surface area contributed by atoms with Gasteiger partial charge in [0.25, 0.3) is 0 Å². The summed E-state index contributed by atoms with van der Waals surface area (Å²) in [7, 11) is -2.94. The van der Waals surface area contributed by atoms with Crippen LogP contribution in [0.1, 0.15) is 12.8 Å². The third-order valence-corrected chi connectivity index (χ3v) is 5.31. The summed E-state index contributed by atoms with van der Waals surface area (Å²) in [5.74, 6) is 1.15. The molecule has 1 aliphatic heterocycles. The molecule has 13 heavy (non-hydrogen) atoms. The monoisotopic (exact) mass is 202 g/mol. The average molecular weight is 202 g/mol. The van der Waals surface area contributed by atoms with Crippen LogP contribution in [0.25, 0.3) is 0 Å². The number of rotatable bonds is 3. The molecule has 0 aromatic rings. The quantitative estimate of drug-likeness (QED) is 0.635. The van der Waals surface area contributed by atoms with Gasteiger partial charge in [-0.05, 0) is 37.8 Å². The molecule has 1 heterocycles. The second-order valence-corrected chi connectivity index (χ2v) is 6.37. The Morgan fingerprint density at radius 3 is 2.31 bits per heavy atom. The minimum absolute atomic E-state index is 0.0678. The Morgan fingerprint density at radius 1 is 1.15 bits per heavy atom. The van der Waals surface area contributed by atoms with Crippen LogP contribution in [0.4, 0.5) is 0 Å². The lowest BCUT2D eigenvalue weighted by atomic mass is 10.4. The van der Waals surface area contributed by atoms with Gasteiger partial charge in [-0.25, -0.2) is 13.1 Å². The van der Waals surface area contributed by atoms with Crippen LogP contribution in [0.15, 0.2) is 0 Å². The van der Waals surface area contributed by atoms with E-state index in [9.17, 15) is 8.42 Å². The van der Waals surface area contributed by atoms with E-state index in [-0.39, 0.29) is 11.3 Å². The van der Waals surface area contributed by atoms with Crippen molar-refractivity contribution in [3.8, 4) is 0 Å². The maximum Gasteiger partial charge on any atom is 0.214 e. The minimum atomic E-state index is -2.94. The van der Waals surface area contributed by atoms with Gasteiger partial charge in [0.1, 0.15) is 0 Å². The van der Waals surface area contributed by atoms with E-state index in [2.05, 4.69) is 10.0 Å². The van der Waals surface area contributed by atoms with Gasteiger partial charge in [0.15, 0.2) is 0 Å². The largest absolute Gasteiger partial charge is 0.316 e.